The van der Waals surface area contributed by atoms with E-state index in [9.17, 15) is 9.59 Å². The van der Waals surface area contributed by atoms with Crippen LogP contribution in [-0.4, -0.2) is 29.3 Å². The molecule has 37 heavy (non-hydrogen) atoms. The molecule has 0 aliphatic heterocycles. The third kappa shape index (κ3) is 8.91. The number of carbonyl (C=O) groups is 2. The summed E-state index contributed by atoms with van der Waals surface area (Å²) in [6.45, 7) is 5.01. The molecule has 3 aromatic rings. The fourth-order valence-corrected chi connectivity index (χ4v) is 4.70. The molecule has 4 nitrogen and oxygen atoms in total. The van der Waals surface area contributed by atoms with Crippen LogP contribution in [0.25, 0.3) is 0 Å². The van der Waals surface area contributed by atoms with Gasteiger partial charge < -0.3 is 10.2 Å². The average Bonchev–Trinajstić information content (AvgIpc) is 2.91. The van der Waals surface area contributed by atoms with Gasteiger partial charge in [0.05, 0.1) is 0 Å². The molecule has 1 unspecified atom stereocenters. The van der Waals surface area contributed by atoms with E-state index in [0.29, 0.717) is 35.9 Å². The number of nitrogens with one attached hydrogen (secondary N) is 1. The molecule has 2 amide bonds. The van der Waals surface area contributed by atoms with Crippen molar-refractivity contribution in [2.75, 3.05) is 6.54 Å². The summed E-state index contributed by atoms with van der Waals surface area (Å²) in [7, 11) is 0. The zero-order valence-corrected chi connectivity index (χ0v) is 23.2. The predicted molar refractivity (Wildman–Crippen MR) is 153 cm³/mol. The number of hydrogen-bond acceptors (Lipinski definition) is 2. The number of amides is 2. The van der Waals surface area contributed by atoms with Gasteiger partial charge in [-0.3, -0.25) is 9.59 Å². The number of rotatable bonds is 13. The minimum Gasteiger partial charge on any atom is -0.354 e. The minimum atomic E-state index is -0.666. The van der Waals surface area contributed by atoms with E-state index in [1.165, 1.54) is 5.56 Å². The fraction of sp³-hybridized carbons (Fsp3) is 0.355. The SMILES string of the molecule is CCCCNC(=O)C(Cc1ccccc1)N(Cc1ccc(Cl)cc1Cl)C(=O)CCc1ccc(CC)cc1. The first-order chi connectivity index (χ1) is 17.9. The van der Waals surface area contributed by atoms with Crippen molar-refractivity contribution in [2.45, 2.75) is 65.0 Å². The lowest BCUT2D eigenvalue weighted by Gasteiger charge is -2.32. The van der Waals surface area contributed by atoms with Crippen molar-refractivity contribution in [3.8, 4) is 0 Å². The lowest BCUT2D eigenvalue weighted by atomic mass is 10.0. The van der Waals surface area contributed by atoms with Crippen LogP contribution in [0.5, 0.6) is 0 Å². The molecule has 3 rings (SSSR count). The Morgan fingerprint density at radius 2 is 1.59 bits per heavy atom. The van der Waals surface area contributed by atoms with E-state index in [1.807, 2.05) is 36.4 Å². The van der Waals surface area contributed by atoms with Crippen LogP contribution in [-0.2, 0) is 35.4 Å². The highest BCUT2D eigenvalue weighted by Gasteiger charge is 2.30. The third-order valence-corrected chi connectivity index (χ3v) is 7.10. The molecular weight excluding hydrogens is 503 g/mol. The first-order valence-corrected chi connectivity index (χ1v) is 13.8. The summed E-state index contributed by atoms with van der Waals surface area (Å²) >= 11 is 12.6. The molecule has 0 bridgehead atoms. The Hall–Kier alpha value is -2.82. The fourth-order valence-electron chi connectivity index (χ4n) is 4.23. The number of aryl methyl sites for hydroxylation is 2. The van der Waals surface area contributed by atoms with Crippen molar-refractivity contribution >= 4 is 35.0 Å². The Balaban J connectivity index is 1.89. The molecule has 1 N–H and O–H groups in total. The molecule has 0 saturated carbocycles. The van der Waals surface area contributed by atoms with E-state index in [4.69, 9.17) is 23.2 Å². The predicted octanol–water partition coefficient (Wildman–Crippen LogP) is 7.04. The van der Waals surface area contributed by atoms with Gasteiger partial charge in [-0.25, -0.2) is 0 Å². The van der Waals surface area contributed by atoms with Crippen LogP contribution < -0.4 is 5.32 Å². The molecule has 6 heteroatoms. The van der Waals surface area contributed by atoms with Gasteiger partial charge in [-0.2, -0.15) is 0 Å². The first kappa shape index (κ1) is 28.7. The molecular formula is C31H36Cl2N2O2. The number of nitrogens with zero attached hydrogens (tertiary/aromatic N) is 1. The van der Waals surface area contributed by atoms with Crippen LogP contribution in [0.2, 0.25) is 10.0 Å². The summed E-state index contributed by atoms with van der Waals surface area (Å²) in [6.07, 6.45) is 4.15. The number of hydrogen-bond donors (Lipinski definition) is 1. The number of unbranched alkanes of at least 4 members (excludes halogenated alkanes) is 1. The van der Waals surface area contributed by atoms with Gasteiger partial charge in [-0.05, 0) is 53.6 Å². The Morgan fingerprint density at radius 3 is 2.24 bits per heavy atom. The Morgan fingerprint density at radius 1 is 0.892 bits per heavy atom. The van der Waals surface area contributed by atoms with E-state index < -0.39 is 6.04 Å². The molecule has 1 atom stereocenters. The quantitative estimate of drug-likeness (QED) is 0.237. The molecule has 0 heterocycles. The maximum absolute atomic E-state index is 13.8. The average molecular weight is 540 g/mol. The Bertz CT molecular complexity index is 1150. The third-order valence-electron chi connectivity index (χ3n) is 6.52. The van der Waals surface area contributed by atoms with Crippen molar-refractivity contribution in [2.24, 2.45) is 0 Å². The van der Waals surface area contributed by atoms with Crippen molar-refractivity contribution in [3.05, 3.63) is 105 Å². The van der Waals surface area contributed by atoms with Crippen molar-refractivity contribution in [3.63, 3.8) is 0 Å². The molecule has 0 aromatic heterocycles. The number of carbonyl (C=O) groups excluding carboxylic acids is 2. The highest BCUT2D eigenvalue weighted by atomic mass is 35.5. The zero-order valence-electron chi connectivity index (χ0n) is 21.7. The molecule has 0 fully saturated rings. The second kappa shape index (κ2) is 14.8. The summed E-state index contributed by atoms with van der Waals surface area (Å²) in [4.78, 5) is 28.9. The summed E-state index contributed by atoms with van der Waals surface area (Å²) < 4.78 is 0. The van der Waals surface area contributed by atoms with Crippen molar-refractivity contribution in [1.29, 1.82) is 0 Å². The smallest absolute Gasteiger partial charge is 0.243 e. The Kier molecular flexibility index (Phi) is 11.5. The maximum Gasteiger partial charge on any atom is 0.243 e. The van der Waals surface area contributed by atoms with Gasteiger partial charge in [-0.15, -0.1) is 0 Å². The lowest BCUT2D eigenvalue weighted by Crippen LogP contribution is -2.50. The lowest BCUT2D eigenvalue weighted by molar-refractivity contribution is -0.141. The summed E-state index contributed by atoms with van der Waals surface area (Å²) in [5.74, 6) is -0.236. The standard InChI is InChI=1S/C31H36Cl2N2O2/c1-3-5-19-34-31(37)29(20-25-9-7-6-8-10-25)35(22-26-16-17-27(32)21-28(26)33)30(36)18-15-24-13-11-23(4-2)12-14-24/h6-14,16-17,21,29H,3-5,15,18-20,22H2,1-2H3,(H,34,37). The molecule has 196 valence electrons. The maximum atomic E-state index is 13.8. The van der Waals surface area contributed by atoms with Crippen LogP contribution in [0.4, 0.5) is 0 Å². The highest BCUT2D eigenvalue weighted by Crippen LogP contribution is 2.25. The van der Waals surface area contributed by atoms with Gasteiger partial charge >= 0.3 is 0 Å². The summed E-state index contributed by atoms with van der Waals surface area (Å²) in [5.41, 5.74) is 4.11. The normalized spacial score (nSPS) is 11.7. The van der Waals surface area contributed by atoms with Gasteiger partial charge in [0.2, 0.25) is 11.8 Å². The van der Waals surface area contributed by atoms with E-state index in [2.05, 4.69) is 43.4 Å². The van der Waals surface area contributed by atoms with Crippen molar-refractivity contribution < 1.29 is 9.59 Å². The summed E-state index contributed by atoms with van der Waals surface area (Å²) in [6, 6.07) is 22.8. The van der Waals surface area contributed by atoms with E-state index >= 15 is 0 Å². The van der Waals surface area contributed by atoms with Gasteiger partial charge in [0.15, 0.2) is 0 Å². The molecule has 3 aromatic carbocycles. The van der Waals surface area contributed by atoms with E-state index in [-0.39, 0.29) is 18.4 Å². The minimum absolute atomic E-state index is 0.0860. The molecule has 0 saturated heterocycles. The van der Waals surface area contributed by atoms with Crippen LogP contribution in [0.15, 0.2) is 72.8 Å². The largest absolute Gasteiger partial charge is 0.354 e. The second-order valence-corrected chi connectivity index (χ2v) is 10.1. The van der Waals surface area contributed by atoms with Crippen LogP contribution in [0, 0.1) is 0 Å². The van der Waals surface area contributed by atoms with Gasteiger partial charge in [-0.1, -0.05) is 104 Å². The topological polar surface area (TPSA) is 49.4 Å². The van der Waals surface area contributed by atoms with Crippen LogP contribution in [0.1, 0.15) is 55.4 Å². The van der Waals surface area contributed by atoms with Gasteiger partial charge in [0.1, 0.15) is 6.04 Å². The van der Waals surface area contributed by atoms with Gasteiger partial charge in [0.25, 0.3) is 0 Å². The monoisotopic (exact) mass is 538 g/mol. The van der Waals surface area contributed by atoms with Crippen LogP contribution in [0.3, 0.4) is 0 Å². The highest BCUT2D eigenvalue weighted by molar-refractivity contribution is 6.35. The Labute approximate surface area is 231 Å². The van der Waals surface area contributed by atoms with Crippen molar-refractivity contribution in [1.82, 2.24) is 10.2 Å². The summed E-state index contributed by atoms with van der Waals surface area (Å²) in [5, 5.41) is 4.05. The molecule has 0 spiro atoms. The number of benzene rings is 3. The molecule has 0 aliphatic carbocycles. The molecule has 0 radical (unpaired) electrons. The zero-order chi connectivity index (χ0) is 26.6. The second-order valence-electron chi connectivity index (χ2n) is 9.28. The van der Waals surface area contributed by atoms with Crippen LogP contribution >= 0.6 is 23.2 Å². The van der Waals surface area contributed by atoms with E-state index in [1.54, 1.807) is 17.0 Å². The van der Waals surface area contributed by atoms with Gasteiger partial charge in [0, 0.05) is 36.0 Å². The first-order valence-electron chi connectivity index (χ1n) is 13.0. The molecule has 0 aliphatic rings. The number of halogens is 2. The van der Waals surface area contributed by atoms with E-state index in [0.717, 1.165) is 36.0 Å².